The molecule has 0 radical (unpaired) electrons. The molecule has 2 aromatic heterocycles. The molecule has 1 unspecified atom stereocenters. The Balaban J connectivity index is 1.73. The summed E-state index contributed by atoms with van der Waals surface area (Å²) in [5, 5.41) is 8.07. The van der Waals surface area contributed by atoms with Crippen molar-refractivity contribution < 1.29 is 36.1 Å². The van der Waals surface area contributed by atoms with Gasteiger partial charge in [0, 0.05) is 12.4 Å². The molecule has 0 amide bonds. The standard InChI is InChI=1S/C21H19F3N4O5S/c1-30-14-5-3-6-15(31-2)19(14)34(29)27-20-18-16(32-12-21(22,23)24)9-13(10-17(18)33-26-20)11-28-8-4-7-25-28/h3-10H,11-12H2,1-2H3,(H,26,27). The van der Waals surface area contributed by atoms with Gasteiger partial charge in [0.1, 0.15) is 27.5 Å². The number of alkyl halides is 3. The molecule has 4 aromatic rings. The van der Waals surface area contributed by atoms with Crippen molar-refractivity contribution in [3.8, 4) is 17.2 Å². The molecule has 1 N–H and O–H groups in total. The number of benzene rings is 2. The Hall–Kier alpha value is -3.74. The zero-order valence-corrected chi connectivity index (χ0v) is 18.8. The van der Waals surface area contributed by atoms with Crippen LogP contribution < -0.4 is 18.9 Å². The topological polar surface area (TPSA) is 101 Å². The Labute approximate surface area is 194 Å². The van der Waals surface area contributed by atoms with E-state index in [1.165, 1.54) is 20.3 Å². The van der Waals surface area contributed by atoms with Gasteiger partial charge in [0.15, 0.2) is 29.0 Å². The molecule has 0 fully saturated rings. The van der Waals surface area contributed by atoms with Crippen molar-refractivity contribution >= 4 is 27.8 Å². The molecule has 4 rings (SSSR count). The highest BCUT2D eigenvalue weighted by atomic mass is 32.2. The minimum Gasteiger partial charge on any atom is -0.495 e. The first-order chi connectivity index (χ1) is 16.3. The lowest BCUT2D eigenvalue weighted by atomic mass is 10.1. The predicted molar refractivity (Wildman–Crippen MR) is 116 cm³/mol. The van der Waals surface area contributed by atoms with Gasteiger partial charge in [0.25, 0.3) is 0 Å². The predicted octanol–water partition coefficient (Wildman–Crippen LogP) is 4.17. The molecule has 180 valence electrons. The van der Waals surface area contributed by atoms with Crippen LogP contribution in [0.2, 0.25) is 0 Å². The third-order valence-electron chi connectivity index (χ3n) is 4.65. The van der Waals surface area contributed by atoms with Crippen LogP contribution in [0.1, 0.15) is 5.56 Å². The van der Waals surface area contributed by atoms with Crippen LogP contribution in [0, 0.1) is 0 Å². The van der Waals surface area contributed by atoms with Gasteiger partial charge in [-0.2, -0.15) is 18.3 Å². The van der Waals surface area contributed by atoms with E-state index in [4.69, 9.17) is 18.7 Å². The van der Waals surface area contributed by atoms with Gasteiger partial charge in [0.05, 0.1) is 20.8 Å². The van der Waals surface area contributed by atoms with Crippen molar-refractivity contribution in [3.05, 3.63) is 54.4 Å². The van der Waals surface area contributed by atoms with Gasteiger partial charge < -0.3 is 18.7 Å². The smallest absolute Gasteiger partial charge is 0.422 e. The Kier molecular flexibility index (Phi) is 6.63. The quantitative estimate of drug-likeness (QED) is 0.371. The van der Waals surface area contributed by atoms with Gasteiger partial charge >= 0.3 is 6.18 Å². The van der Waals surface area contributed by atoms with Crippen LogP contribution in [0.25, 0.3) is 11.0 Å². The molecule has 1 atom stereocenters. The molecule has 0 bridgehead atoms. The van der Waals surface area contributed by atoms with Crippen molar-refractivity contribution in [2.75, 3.05) is 25.5 Å². The summed E-state index contributed by atoms with van der Waals surface area (Å²) in [6.45, 7) is -1.26. The zero-order valence-electron chi connectivity index (χ0n) is 18.0. The average molecular weight is 496 g/mol. The van der Waals surface area contributed by atoms with Crippen LogP contribution in [-0.2, 0) is 17.5 Å². The van der Waals surface area contributed by atoms with E-state index in [0.717, 1.165) is 0 Å². The minimum atomic E-state index is -4.57. The highest BCUT2D eigenvalue weighted by Crippen LogP contribution is 2.37. The zero-order chi connectivity index (χ0) is 24.3. The SMILES string of the molecule is COc1cccc(OC)c1S(=O)Nc1noc2cc(Cn3cccn3)cc(OCC(F)(F)F)c12. The lowest BCUT2D eigenvalue weighted by molar-refractivity contribution is -0.153. The maximum atomic E-state index is 13.1. The van der Waals surface area contributed by atoms with E-state index in [0.29, 0.717) is 5.56 Å². The van der Waals surface area contributed by atoms with Crippen LogP contribution in [0.4, 0.5) is 19.0 Å². The minimum absolute atomic E-state index is 0.0656. The monoisotopic (exact) mass is 496 g/mol. The van der Waals surface area contributed by atoms with Crippen LogP contribution in [-0.4, -0.2) is 46.1 Å². The van der Waals surface area contributed by atoms with Crippen LogP contribution in [0.15, 0.2) is 58.2 Å². The number of methoxy groups -OCH3 is 2. The first-order valence-corrected chi connectivity index (χ1v) is 10.9. The number of rotatable bonds is 9. The normalized spacial score (nSPS) is 12.5. The largest absolute Gasteiger partial charge is 0.495 e. The molecule has 0 aliphatic carbocycles. The fraction of sp³-hybridized carbons (Fsp3) is 0.238. The van der Waals surface area contributed by atoms with Gasteiger partial charge in [-0.25, -0.2) is 4.21 Å². The van der Waals surface area contributed by atoms with Gasteiger partial charge in [-0.3, -0.25) is 9.40 Å². The van der Waals surface area contributed by atoms with Crippen molar-refractivity contribution in [2.24, 2.45) is 0 Å². The van der Waals surface area contributed by atoms with E-state index >= 15 is 0 Å². The lowest BCUT2D eigenvalue weighted by Gasteiger charge is -2.14. The molecule has 9 nitrogen and oxygen atoms in total. The van der Waals surface area contributed by atoms with Gasteiger partial charge in [0.2, 0.25) is 0 Å². The summed E-state index contributed by atoms with van der Waals surface area (Å²) in [5.74, 6) is 0.370. The Morgan fingerprint density at radius 3 is 2.47 bits per heavy atom. The van der Waals surface area contributed by atoms with E-state index in [-0.39, 0.29) is 45.5 Å². The number of anilines is 1. The van der Waals surface area contributed by atoms with E-state index < -0.39 is 23.8 Å². The van der Waals surface area contributed by atoms with Crippen molar-refractivity contribution in [1.82, 2.24) is 14.9 Å². The molecule has 0 saturated carbocycles. The fourth-order valence-corrected chi connectivity index (χ4v) is 4.33. The Morgan fingerprint density at radius 2 is 1.85 bits per heavy atom. The molecule has 0 aliphatic rings. The highest BCUT2D eigenvalue weighted by molar-refractivity contribution is 7.86. The van der Waals surface area contributed by atoms with Crippen LogP contribution in [0.3, 0.4) is 0 Å². The second-order valence-electron chi connectivity index (χ2n) is 6.97. The molecular formula is C21H19F3N4O5S. The average Bonchev–Trinajstić information content (AvgIpc) is 3.46. The number of hydrogen-bond acceptors (Lipinski definition) is 7. The maximum absolute atomic E-state index is 13.1. The summed E-state index contributed by atoms with van der Waals surface area (Å²) in [5.41, 5.74) is 0.719. The number of nitrogens with one attached hydrogen (secondary N) is 1. The Bertz CT molecular complexity index is 1290. The van der Waals surface area contributed by atoms with Gasteiger partial charge in [-0.15, -0.1) is 0 Å². The number of fused-ring (bicyclic) bond motifs is 1. The maximum Gasteiger partial charge on any atom is 0.422 e. The second-order valence-corrected chi connectivity index (χ2v) is 8.12. The third kappa shape index (κ3) is 5.09. The van der Waals surface area contributed by atoms with Crippen molar-refractivity contribution in [2.45, 2.75) is 17.6 Å². The van der Waals surface area contributed by atoms with E-state index in [2.05, 4.69) is 15.0 Å². The number of ether oxygens (including phenoxy) is 3. The Morgan fingerprint density at radius 1 is 1.12 bits per heavy atom. The van der Waals surface area contributed by atoms with Crippen LogP contribution >= 0.6 is 0 Å². The first-order valence-electron chi connectivity index (χ1n) is 9.77. The number of aromatic nitrogens is 3. The van der Waals surface area contributed by atoms with Crippen LogP contribution in [0.5, 0.6) is 17.2 Å². The molecular weight excluding hydrogens is 477 g/mol. The lowest BCUT2D eigenvalue weighted by Crippen LogP contribution is -2.19. The van der Waals surface area contributed by atoms with E-state index in [1.54, 1.807) is 47.4 Å². The molecule has 13 heteroatoms. The van der Waals surface area contributed by atoms with Crippen molar-refractivity contribution in [3.63, 3.8) is 0 Å². The molecule has 34 heavy (non-hydrogen) atoms. The van der Waals surface area contributed by atoms with E-state index in [1.807, 2.05) is 0 Å². The number of nitrogens with zero attached hydrogens (tertiary/aromatic N) is 3. The summed E-state index contributed by atoms with van der Waals surface area (Å²) in [4.78, 5) is 0.191. The molecule has 2 aromatic carbocycles. The molecule has 2 heterocycles. The third-order valence-corrected chi connectivity index (χ3v) is 5.80. The fourth-order valence-electron chi connectivity index (χ4n) is 3.24. The summed E-state index contributed by atoms with van der Waals surface area (Å²) >= 11 is 0. The summed E-state index contributed by atoms with van der Waals surface area (Å²) < 4.78 is 77.0. The highest BCUT2D eigenvalue weighted by Gasteiger charge is 2.30. The number of hydrogen-bond donors (Lipinski definition) is 1. The molecule has 0 spiro atoms. The molecule has 0 saturated heterocycles. The first kappa shape index (κ1) is 23.4. The van der Waals surface area contributed by atoms with Crippen molar-refractivity contribution in [1.29, 1.82) is 0 Å². The van der Waals surface area contributed by atoms with E-state index in [9.17, 15) is 17.4 Å². The number of halogens is 3. The summed E-state index contributed by atoms with van der Waals surface area (Å²) in [6, 6.07) is 9.61. The summed E-state index contributed by atoms with van der Waals surface area (Å²) in [6.07, 6.45) is -1.28. The summed E-state index contributed by atoms with van der Waals surface area (Å²) in [7, 11) is 0.849. The molecule has 0 aliphatic heterocycles. The second kappa shape index (κ2) is 9.63. The van der Waals surface area contributed by atoms with Gasteiger partial charge in [-0.1, -0.05) is 11.2 Å². The van der Waals surface area contributed by atoms with Gasteiger partial charge in [-0.05, 0) is 35.9 Å².